The lowest BCUT2D eigenvalue weighted by Crippen LogP contribution is -2.51. The van der Waals surface area contributed by atoms with E-state index < -0.39 is 32.1 Å². The van der Waals surface area contributed by atoms with Crippen LogP contribution in [0, 0.1) is 6.92 Å². The molecule has 10 nitrogen and oxygen atoms in total. The van der Waals surface area contributed by atoms with Crippen LogP contribution in [0.3, 0.4) is 0 Å². The quantitative estimate of drug-likeness (QED) is 0.400. The van der Waals surface area contributed by atoms with Gasteiger partial charge in [0.05, 0.1) is 28.6 Å². The first kappa shape index (κ1) is 27.4. The zero-order chi connectivity index (χ0) is 27.5. The van der Waals surface area contributed by atoms with Crippen molar-refractivity contribution in [1.29, 1.82) is 0 Å². The first-order chi connectivity index (χ1) is 18.0. The molecule has 0 radical (unpaired) electrons. The molecule has 3 aromatic rings. The zero-order valence-electron chi connectivity index (χ0n) is 21.2. The molecule has 12 heteroatoms. The number of fused-ring (bicyclic) bond motifs is 1. The Morgan fingerprint density at radius 2 is 1.68 bits per heavy atom. The average molecular weight is 560 g/mol. The van der Waals surface area contributed by atoms with Gasteiger partial charge in [-0.05, 0) is 61.0 Å². The Bertz CT molecular complexity index is 1510. The van der Waals surface area contributed by atoms with E-state index in [1.165, 1.54) is 54.8 Å². The van der Waals surface area contributed by atoms with Gasteiger partial charge in [-0.3, -0.25) is 9.10 Å². The molecule has 1 aliphatic rings. The van der Waals surface area contributed by atoms with Gasteiger partial charge in [0.2, 0.25) is 10.0 Å². The van der Waals surface area contributed by atoms with E-state index in [1.807, 2.05) is 6.92 Å². The van der Waals surface area contributed by atoms with E-state index in [-0.39, 0.29) is 29.5 Å². The van der Waals surface area contributed by atoms with Crippen LogP contribution in [0.4, 0.5) is 5.69 Å². The number of nitrogens with one attached hydrogen (secondary N) is 1. The molecule has 1 aliphatic heterocycles. The molecule has 0 spiro atoms. The molecule has 38 heavy (non-hydrogen) atoms. The fourth-order valence-electron chi connectivity index (χ4n) is 3.82. The maximum atomic E-state index is 13.4. The van der Waals surface area contributed by atoms with Crippen molar-refractivity contribution in [2.75, 3.05) is 38.1 Å². The highest BCUT2D eigenvalue weighted by atomic mass is 32.2. The van der Waals surface area contributed by atoms with Gasteiger partial charge < -0.3 is 14.8 Å². The van der Waals surface area contributed by atoms with Crippen molar-refractivity contribution < 1.29 is 31.1 Å². The third-order valence-electron chi connectivity index (χ3n) is 5.88. The van der Waals surface area contributed by atoms with Crippen LogP contribution in [0.1, 0.15) is 5.56 Å². The van der Waals surface area contributed by atoms with E-state index in [0.29, 0.717) is 17.2 Å². The number of aryl methyl sites for hydroxylation is 1. The number of hydrogen-bond donors (Lipinski definition) is 1. The maximum Gasteiger partial charge on any atom is 0.264 e. The Balaban J connectivity index is 1.41. The lowest BCUT2D eigenvalue weighted by atomic mass is 10.1. The summed E-state index contributed by atoms with van der Waals surface area (Å²) in [5.41, 5.74) is 1.23. The van der Waals surface area contributed by atoms with E-state index in [1.54, 1.807) is 36.4 Å². The molecule has 0 saturated heterocycles. The molecule has 4 rings (SSSR count). The molecule has 1 amide bonds. The zero-order valence-corrected chi connectivity index (χ0v) is 22.8. The number of ether oxygens (including phenoxy) is 2. The Labute approximate surface area is 222 Å². The summed E-state index contributed by atoms with van der Waals surface area (Å²) in [6, 6.07) is 19.1. The summed E-state index contributed by atoms with van der Waals surface area (Å²) in [5.74, 6) is 0.251. The van der Waals surface area contributed by atoms with Crippen molar-refractivity contribution in [3.05, 3.63) is 78.4 Å². The summed E-state index contributed by atoms with van der Waals surface area (Å²) < 4.78 is 65.0. The van der Waals surface area contributed by atoms with Crippen LogP contribution >= 0.6 is 0 Å². The van der Waals surface area contributed by atoms with Crippen molar-refractivity contribution in [3.8, 4) is 11.5 Å². The topological polar surface area (TPSA) is 122 Å². The molecule has 1 heterocycles. The minimum absolute atomic E-state index is 0.111. The molecule has 3 aromatic carbocycles. The summed E-state index contributed by atoms with van der Waals surface area (Å²) in [7, 11) is -4.57. The fraction of sp³-hybridized carbons (Fsp3) is 0.269. The number of rotatable bonds is 9. The highest BCUT2D eigenvalue weighted by Crippen LogP contribution is 2.37. The number of nitrogens with zero attached hydrogens (tertiary/aromatic N) is 2. The molecule has 0 fully saturated rings. The SMILES string of the molecule is Cc1ccc2c(c1)N(S(=O)(=O)c1ccccc1)CC(C(=O)NCCOc1ccc(S(=O)(=O)N(C)C)cc1)O2. The molecule has 202 valence electrons. The van der Waals surface area contributed by atoms with Crippen LogP contribution in [0.2, 0.25) is 0 Å². The van der Waals surface area contributed by atoms with Crippen LogP contribution in [0.25, 0.3) is 0 Å². The third kappa shape index (κ3) is 5.77. The highest BCUT2D eigenvalue weighted by molar-refractivity contribution is 7.92. The van der Waals surface area contributed by atoms with E-state index in [0.717, 1.165) is 9.87 Å². The number of hydrogen-bond acceptors (Lipinski definition) is 7. The second-order valence-electron chi connectivity index (χ2n) is 8.83. The largest absolute Gasteiger partial charge is 0.492 e. The Morgan fingerprint density at radius 3 is 2.34 bits per heavy atom. The van der Waals surface area contributed by atoms with Gasteiger partial charge in [-0.1, -0.05) is 24.3 Å². The van der Waals surface area contributed by atoms with Crippen molar-refractivity contribution in [2.24, 2.45) is 0 Å². The van der Waals surface area contributed by atoms with Crippen molar-refractivity contribution in [1.82, 2.24) is 9.62 Å². The number of sulfonamides is 2. The molecule has 0 bridgehead atoms. The molecule has 1 atom stereocenters. The predicted molar refractivity (Wildman–Crippen MR) is 142 cm³/mol. The average Bonchev–Trinajstić information content (AvgIpc) is 2.91. The summed E-state index contributed by atoms with van der Waals surface area (Å²) in [6.45, 7) is 1.89. The number of carbonyl (C=O) groups is 1. The van der Waals surface area contributed by atoms with Gasteiger partial charge in [0, 0.05) is 14.1 Å². The Morgan fingerprint density at radius 1 is 1.00 bits per heavy atom. The summed E-state index contributed by atoms with van der Waals surface area (Å²) in [4.78, 5) is 13.2. The Kier molecular flexibility index (Phi) is 7.95. The molecule has 1 N–H and O–H groups in total. The number of anilines is 1. The molecular formula is C26H29N3O7S2. The summed E-state index contributed by atoms with van der Waals surface area (Å²) in [6.07, 6.45) is -1.07. The summed E-state index contributed by atoms with van der Waals surface area (Å²) >= 11 is 0. The monoisotopic (exact) mass is 559 g/mol. The number of carbonyl (C=O) groups excluding carboxylic acids is 1. The normalized spacial score (nSPS) is 15.5. The van der Waals surface area contributed by atoms with Gasteiger partial charge in [-0.15, -0.1) is 0 Å². The fourth-order valence-corrected chi connectivity index (χ4v) is 6.21. The maximum absolute atomic E-state index is 13.4. The van der Waals surface area contributed by atoms with Gasteiger partial charge >= 0.3 is 0 Å². The van der Waals surface area contributed by atoms with Crippen LogP contribution < -0.4 is 19.1 Å². The van der Waals surface area contributed by atoms with Gasteiger partial charge in [-0.2, -0.15) is 0 Å². The summed E-state index contributed by atoms with van der Waals surface area (Å²) in [5, 5.41) is 2.71. The van der Waals surface area contributed by atoms with Gasteiger partial charge in [0.1, 0.15) is 18.1 Å². The second-order valence-corrected chi connectivity index (χ2v) is 12.8. The van der Waals surface area contributed by atoms with Crippen LogP contribution in [0.15, 0.2) is 82.6 Å². The molecule has 0 saturated carbocycles. The highest BCUT2D eigenvalue weighted by Gasteiger charge is 2.37. The van der Waals surface area contributed by atoms with Crippen LogP contribution in [-0.4, -0.2) is 66.9 Å². The van der Waals surface area contributed by atoms with E-state index >= 15 is 0 Å². The molecule has 1 unspecified atom stereocenters. The molecule has 0 aromatic heterocycles. The number of benzene rings is 3. The lowest BCUT2D eigenvalue weighted by molar-refractivity contribution is -0.127. The minimum Gasteiger partial charge on any atom is -0.492 e. The van der Waals surface area contributed by atoms with Crippen LogP contribution in [0.5, 0.6) is 11.5 Å². The second kappa shape index (κ2) is 11.0. The standard InChI is InChI=1S/C26H29N3O7S2/c1-19-9-14-24-23(17-19)29(38(33,34)21-7-5-4-6-8-21)18-25(36-24)26(30)27-15-16-35-20-10-12-22(13-11-20)37(31,32)28(2)3/h4-14,17,25H,15-16,18H2,1-3H3,(H,27,30). The number of amides is 1. The molecular weight excluding hydrogens is 530 g/mol. The van der Waals surface area contributed by atoms with Gasteiger partial charge in [0.15, 0.2) is 6.10 Å². The van der Waals surface area contributed by atoms with E-state index in [4.69, 9.17) is 9.47 Å². The van der Waals surface area contributed by atoms with Gasteiger partial charge in [0.25, 0.3) is 15.9 Å². The van der Waals surface area contributed by atoms with Gasteiger partial charge in [-0.25, -0.2) is 21.1 Å². The van der Waals surface area contributed by atoms with Crippen molar-refractivity contribution in [2.45, 2.75) is 22.8 Å². The van der Waals surface area contributed by atoms with Crippen molar-refractivity contribution >= 4 is 31.6 Å². The predicted octanol–water partition coefficient (Wildman–Crippen LogP) is 2.40. The smallest absolute Gasteiger partial charge is 0.264 e. The Hall–Kier alpha value is -3.61. The van der Waals surface area contributed by atoms with E-state index in [2.05, 4.69) is 5.32 Å². The first-order valence-corrected chi connectivity index (χ1v) is 14.7. The third-order valence-corrected chi connectivity index (χ3v) is 9.50. The molecule has 0 aliphatic carbocycles. The minimum atomic E-state index is -3.94. The van der Waals surface area contributed by atoms with E-state index in [9.17, 15) is 21.6 Å². The first-order valence-electron chi connectivity index (χ1n) is 11.8. The van der Waals surface area contributed by atoms with Crippen LogP contribution in [-0.2, 0) is 24.8 Å². The lowest BCUT2D eigenvalue weighted by Gasteiger charge is -2.35. The van der Waals surface area contributed by atoms with Crippen molar-refractivity contribution in [3.63, 3.8) is 0 Å².